The molecule has 1 aliphatic heterocycles. The first-order chi connectivity index (χ1) is 15.5. The summed E-state index contributed by atoms with van der Waals surface area (Å²) in [6.45, 7) is 9.04. The van der Waals surface area contributed by atoms with Crippen molar-refractivity contribution in [2.24, 2.45) is 0 Å². The Balaban J connectivity index is 1.56. The molecular weight excluding hydrogens is 446 g/mol. The standard InChI is InChI=1S/C23H32ClN5O2S/c1-4-10-28(11-5-2)21-16-20(24)25-23(26-21)32-17-22(30)29-14-12-27(13-15-29)18-8-6-7-9-19(18)31-3/h6-9,16H,4-5,10-15,17H2,1-3H3. The van der Waals surface area contributed by atoms with Gasteiger partial charge in [0.15, 0.2) is 5.16 Å². The van der Waals surface area contributed by atoms with E-state index in [9.17, 15) is 4.79 Å². The Hall–Kier alpha value is -2.19. The average Bonchev–Trinajstić information content (AvgIpc) is 2.82. The molecule has 1 aromatic heterocycles. The molecule has 1 saturated heterocycles. The van der Waals surface area contributed by atoms with E-state index in [1.54, 1.807) is 13.2 Å². The predicted molar refractivity (Wildman–Crippen MR) is 132 cm³/mol. The van der Waals surface area contributed by atoms with Gasteiger partial charge in [0.05, 0.1) is 18.6 Å². The number of piperazine rings is 1. The van der Waals surface area contributed by atoms with Crippen molar-refractivity contribution >= 4 is 40.8 Å². The van der Waals surface area contributed by atoms with Gasteiger partial charge in [0.1, 0.15) is 16.7 Å². The van der Waals surface area contributed by atoms with Gasteiger partial charge in [0.2, 0.25) is 5.91 Å². The van der Waals surface area contributed by atoms with E-state index < -0.39 is 0 Å². The van der Waals surface area contributed by atoms with E-state index in [-0.39, 0.29) is 5.91 Å². The van der Waals surface area contributed by atoms with E-state index in [0.29, 0.717) is 29.2 Å². The second kappa shape index (κ2) is 12.2. The Morgan fingerprint density at radius 1 is 1.12 bits per heavy atom. The van der Waals surface area contributed by atoms with Gasteiger partial charge in [-0.25, -0.2) is 9.97 Å². The molecular formula is C23H32ClN5O2S. The number of halogens is 1. The number of carbonyl (C=O) groups is 1. The average molecular weight is 478 g/mol. The number of para-hydroxylation sites is 2. The second-order valence-electron chi connectivity index (χ2n) is 7.65. The highest BCUT2D eigenvalue weighted by atomic mass is 35.5. The maximum absolute atomic E-state index is 12.8. The summed E-state index contributed by atoms with van der Waals surface area (Å²) in [5.41, 5.74) is 1.07. The van der Waals surface area contributed by atoms with Crippen molar-refractivity contribution in [2.75, 3.05) is 61.9 Å². The summed E-state index contributed by atoms with van der Waals surface area (Å²) < 4.78 is 5.47. The van der Waals surface area contributed by atoms with Gasteiger partial charge < -0.3 is 19.4 Å². The molecule has 9 heteroatoms. The number of hydrogen-bond donors (Lipinski definition) is 0. The van der Waals surface area contributed by atoms with Gasteiger partial charge in [-0.15, -0.1) is 0 Å². The number of nitrogens with zero attached hydrogens (tertiary/aromatic N) is 5. The van der Waals surface area contributed by atoms with E-state index in [0.717, 1.165) is 56.3 Å². The van der Waals surface area contributed by atoms with Crippen molar-refractivity contribution in [1.29, 1.82) is 0 Å². The van der Waals surface area contributed by atoms with Crippen molar-refractivity contribution in [3.8, 4) is 5.75 Å². The molecule has 1 amide bonds. The van der Waals surface area contributed by atoms with Gasteiger partial charge in [-0.3, -0.25) is 4.79 Å². The number of ether oxygens (including phenoxy) is 1. The van der Waals surface area contributed by atoms with Crippen LogP contribution in [-0.2, 0) is 4.79 Å². The molecule has 1 fully saturated rings. The van der Waals surface area contributed by atoms with Gasteiger partial charge in [-0.1, -0.05) is 49.3 Å². The highest BCUT2D eigenvalue weighted by molar-refractivity contribution is 7.99. The van der Waals surface area contributed by atoms with Gasteiger partial charge in [-0.2, -0.15) is 0 Å². The van der Waals surface area contributed by atoms with Gasteiger partial charge in [0.25, 0.3) is 0 Å². The van der Waals surface area contributed by atoms with Crippen LogP contribution in [0.4, 0.5) is 11.5 Å². The predicted octanol–water partition coefficient (Wildman–Crippen LogP) is 4.21. The van der Waals surface area contributed by atoms with Crippen LogP contribution in [-0.4, -0.2) is 72.9 Å². The molecule has 0 aliphatic carbocycles. The molecule has 0 bridgehead atoms. The van der Waals surface area contributed by atoms with E-state index in [4.69, 9.17) is 16.3 Å². The molecule has 1 aliphatic rings. The van der Waals surface area contributed by atoms with Crippen molar-refractivity contribution in [3.05, 3.63) is 35.5 Å². The minimum Gasteiger partial charge on any atom is -0.495 e. The number of methoxy groups -OCH3 is 1. The topological polar surface area (TPSA) is 61.8 Å². The molecule has 7 nitrogen and oxygen atoms in total. The summed E-state index contributed by atoms with van der Waals surface area (Å²) in [7, 11) is 1.68. The van der Waals surface area contributed by atoms with Crippen LogP contribution in [0.25, 0.3) is 0 Å². The fourth-order valence-corrected chi connectivity index (χ4v) is 4.78. The molecule has 174 valence electrons. The van der Waals surface area contributed by atoms with Crippen LogP contribution in [0.15, 0.2) is 35.5 Å². The number of amides is 1. The number of aromatic nitrogens is 2. The number of benzene rings is 1. The molecule has 2 heterocycles. The fraction of sp³-hybridized carbons (Fsp3) is 0.522. The first-order valence-electron chi connectivity index (χ1n) is 11.1. The van der Waals surface area contributed by atoms with E-state index in [1.807, 2.05) is 23.1 Å². The summed E-state index contributed by atoms with van der Waals surface area (Å²) in [6.07, 6.45) is 2.06. The van der Waals surface area contributed by atoms with E-state index in [1.165, 1.54) is 11.8 Å². The molecule has 0 spiro atoms. The summed E-state index contributed by atoms with van der Waals surface area (Å²) in [5.74, 6) is 2.08. The maximum Gasteiger partial charge on any atom is 0.233 e. The number of rotatable bonds is 10. The summed E-state index contributed by atoms with van der Waals surface area (Å²) in [4.78, 5) is 28.2. The van der Waals surface area contributed by atoms with Gasteiger partial charge in [0, 0.05) is 45.3 Å². The van der Waals surface area contributed by atoms with E-state index in [2.05, 4.69) is 39.7 Å². The molecule has 3 rings (SSSR count). The Morgan fingerprint density at radius 2 is 1.81 bits per heavy atom. The highest BCUT2D eigenvalue weighted by Crippen LogP contribution is 2.28. The lowest BCUT2D eigenvalue weighted by Gasteiger charge is -2.36. The molecule has 0 N–H and O–H groups in total. The fourth-order valence-electron chi connectivity index (χ4n) is 3.80. The van der Waals surface area contributed by atoms with Crippen LogP contribution in [0.5, 0.6) is 5.75 Å². The third kappa shape index (κ3) is 6.42. The van der Waals surface area contributed by atoms with Crippen molar-refractivity contribution in [1.82, 2.24) is 14.9 Å². The van der Waals surface area contributed by atoms with E-state index >= 15 is 0 Å². The molecule has 32 heavy (non-hydrogen) atoms. The maximum atomic E-state index is 12.8. The van der Waals surface area contributed by atoms with Crippen LogP contribution in [0.1, 0.15) is 26.7 Å². The zero-order chi connectivity index (χ0) is 22.9. The zero-order valence-electron chi connectivity index (χ0n) is 19.1. The first-order valence-corrected chi connectivity index (χ1v) is 12.5. The van der Waals surface area contributed by atoms with Gasteiger partial charge in [-0.05, 0) is 25.0 Å². The lowest BCUT2D eigenvalue weighted by atomic mass is 10.2. The second-order valence-corrected chi connectivity index (χ2v) is 8.98. The Bertz CT molecular complexity index is 886. The molecule has 0 radical (unpaired) electrons. The number of carbonyl (C=O) groups excluding carboxylic acids is 1. The van der Waals surface area contributed by atoms with Crippen molar-refractivity contribution in [2.45, 2.75) is 31.8 Å². The number of thioether (sulfide) groups is 1. The Kier molecular flexibility index (Phi) is 9.29. The van der Waals surface area contributed by atoms with Crippen molar-refractivity contribution in [3.63, 3.8) is 0 Å². The summed E-state index contributed by atoms with van der Waals surface area (Å²) >= 11 is 7.60. The Morgan fingerprint density at radius 3 is 2.47 bits per heavy atom. The minimum absolute atomic E-state index is 0.0961. The summed E-state index contributed by atoms with van der Waals surface area (Å²) in [5, 5.41) is 0.957. The normalized spacial score (nSPS) is 13.9. The highest BCUT2D eigenvalue weighted by Gasteiger charge is 2.23. The van der Waals surface area contributed by atoms with Crippen LogP contribution in [0.2, 0.25) is 5.15 Å². The third-order valence-electron chi connectivity index (χ3n) is 5.35. The lowest BCUT2D eigenvalue weighted by molar-refractivity contribution is -0.128. The summed E-state index contributed by atoms with van der Waals surface area (Å²) in [6, 6.07) is 9.79. The lowest BCUT2D eigenvalue weighted by Crippen LogP contribution is -2.49. The quantitative estimate of drug-likeness (QED) is 0.288. The molecule has 0 saturated carbocycles. The smallest absolute Gasteiger partial charge is 0.233 e. The minimum atomic E-state index is 0.0961. The largest absolute Gasteiger partial charge is 0.495 e. The number of anilines is 2. The monoisotopic (exact) mass is 477 g/mol. The first kappa shape index (κ1) is 24.5. The van der Waals surface area contributed by atoms with Gasteiger partial charge >= 0.3 is 0 Å². The number of hydrogen-bond acceptors (Lipinski definition) is 7. The van der Waals surface area contributed by atoms with Crippen LogP contribution in [0, 0.1) is 0 Å². The Labute approximate surface area is 200 Å². The molecule has 1 aromatic carbocycles. The third-order valence-corrected chi connectivity index (χ3v) is 6.38. The van der Waals surface area contributed by atoms with Crippen molar-refractivity contribution < 1.29 is 9.53 Å². The molecule has 0 unspecified atom stereocenters. The van der Waals surface area contributed by atoms with Crippen LogP contribution in [0.3, 0.4) is 0 Å². The molecule has 2 aromatic rings. The van der Waals surface area contributed by atoms with Crippen LogP contribution >= 0.6 is 23.4 Å². The molecule has 0 atom stereocenters. The van der Waals surface area contributed by atoms with Crippen LogP contribution < -0.4 is 14.5 Å². The SMILES string of the molecule is CCCN(CCC)c1cc(Cl)nc(SCC(=O)N2CCN(c3ccccc3OC)CC2)n1. The zero-order valence-corrected chi connectivity index (χ0v) is 20.7.